The molecule has 0 amide bonds. The van der Waals surface area contributed by atoms with Crippen molar-refractivity contribution >= 4 is 17.2 Å². The number of aromatic nitrogens is 1. The van der Waals surface area contributed by atoms with Crippen LogP contribution in [0.2, 0.25) is 0 Å². The first-order valence-corrected chi connectivity index (χ1v) is 8.75. The molecule has 4 nitrogen and oxygen atoms in total. The van der Waals surface area contributed by atoms with E-state index in [1.54, 1.807) is 12.4 Å². The van der Waals surface area contributed by atoms with Gasteiger partial charge in [0.2, 0.25) is 0 Å². The van der Waals surface area contributed by atoms with Gasteiger partial charge in [-0.1, -0.05) is 56.3 Å². The first-order valence-electron chi connectivity index (χ1n) is 8.75. The molecule has 0 saturated heterocycles. The van der Waals surface area contributed by atoms with Gasteiger partial charge >= 0.3 is 0 Å². The summed E-state index contributed by atoms with van der Waals surface area (Å²) in [6, 6.07) is 20.5. The molecule has 4 rings (SSSR count). The minimum absolute atomic E-state index is 0.505. The quantitative estimate of drug-likeness (QED) is 0.755. The van der Waals surface area contributed by atoms with E-state index in [-0.39, 0.29) is 0 Å². The number of hydrogen-bond acceptors (Lipinski definition) is 4. The molecule has 1 aromatic heterocycles. The van der Waals surface area contributed by atoms with Crippen LogP contribution in [0.4, 0.5) is 5.69 Å². The third-order valence-corrected chi connectivity index (χ3v) is 4.47. The second-order valence-electron chi connectivity index (χ2n) is 6.56. The Bertz CT molecular complexity index is 971. The van der Waals surface area contributed by atoms with E-state index in [0.29, 0.717) is 5.92 Å². The summed E-state index contributed by atoms with van der Waals surface area (Å²) in [6.45, 7) is 4.38. The molecule has 0 spiro atoms. The van der Waals surface area contributed by atoms with Gasteiger partial charge < -0.3 is 0 Å². The summed E-state index contributed by atoms with van der Waals surface area (Å²) >= 11 is 0. The van der Waals surface area contributed by atoms with Crippen LogP contribution < -0.4 is 5.43 Å². The van der Waals surface area contributed by atoms with E-state index in [1.807, 2.05) is 36.4 Å². The van der Waals surface area contributed by atoms with Crippen molar-refractivity contribution in [3.05, 3.63) is 95.3 Å². The highest BCUT2D eigenvalue weighted by molar-refractivity contribution is 6.17. The van der Waals surface area contributed by atoms with Gasteiger partial charge in [0.25, 0.3) is 0 Å². The zero-order valence-corrected chi connectivity index (χ0v) is 14.8. The van der Waals surface area contributed by atoms with Crippen LogP contribution in [0, 0.1) is 0 Å². The molecule has 0 fully saturated rings. The first kappa shape index (κ1) is 16.2. The largest absolute Gasteiger partial charge is 0.265 e. The smallest absolute Gasteiger partial charge is 0.154 e. The van der Waals surface area contributed by atoms with Crippen molar-refractivity contribution in [2.24, 2.45) is 10.1 Å². The van der Waals surface area contributed by atoms with Gasteiger partial charge in [-0.2, -0.15) is 5.10 Å². The zero-order chi connectivity index (χ0) is 17.9. The molecule has 26 heavy (non-hydrogen) atoms. The topological polar surface area (TPSA) is 49.6 Å². The summed E-state index contributed by atoms with van der Waals surface area (Å²) < 4.78 is 0. The van der Waals surface area contributed by atoms with Crippen molar-refractivity contribution in [1.82, 2.24) is 10.4 Å². The molecule has 0 bridgehead atoms. The Kier molecular flexibility index (Phi) is 4.32. The Morgan fingerprint density at radius 2 is 1.54 bits per heavy atom. The van der Waals surface area contributed by atoms with Gasteiger partial charge in [0.05, 0.1) is 5.69 Å². The van der Waals surface area contributed by atoms with E-state index in [4.69, 9.17) is 4.99 Å². The minimum atomic E-state index is 0.505. The predicted octanol–water partition coefficient (Wildman–Crippen LogP) is 4.64. The maximum atomic E-state index is 4.83. The lowest BCUT2D eigenvalue weighted by molar-refractivity contribution is 0.866. The maximum absolute atomic E-state index is 4.83. The van der Waals surface area contributed by atoms with Crippen molar-refractivity contribution in [3.63, 3.8) is 0 Å². The second-order valence-corrected chi connectivity index (χ2v) is 6.56. The van der Waals surface area contributed by atoms with E-state index in [9.17, 15) is 0 Å². The fourth-order valence-electron chi connectivity index (χ4n) is 2.97. The lowest BCUT2D eigenvalue weighted by Crippen LogP contribution is -2.19. The van der Waals surface area contributed by atoms with Crippen LogP contribution in [0.1, 0.15) is 42.0 Å². The van der Waals surface area contributed by atoms with Crippen molar-refractivity contribution in [2.45, 2.75) is 19.8 Å². The molecule has 0 saturated carbocycles. The number of para-hydroxylation sites is 1. The number of nitrogens with zero attached hydrogens (tertiary/aromatic N) is 3. The lowest BCUT2D eigenvalue weighted by atomic mass is 10.0. The maximum Gasteiger partial charge on any atom is 0.154 e. The molecule has 0 atom stereocenters. The van der Waals surface area contributed by atoms with E-state index in [1.165, 1.54) is 5.56 Å². The van der Waals surface area contributed by atoms with Crippen LogP contribution in [0.3, 0.4) is 0 Å². The summed E-state index contributed by atoms with van der Waals surface area (Å²) in [4.78, 5) is 8.94. The summed E-state index contributed by atoms with van der Waals surface area (Å²) in [5, 5.41) is 4.66. The Hall–Kier alpha value is -3.27. The fourth-order valence-corrected chi connectivity index (χ4v) is 2.97. The molecule has 2 aromatic carbocycles. The molecule has 1 N–H and O–H groups in total. The molecule has 2 heterocycles. The van der Waals surface area contributed by atoms with E-state index >= 15 is 0 Å². The number of fused-ring (bicyclic) bond motifs is 1. The highest BCUT2D eigenvalue weighted by atomic mass is 15.3. The monoisotopic (exact) mass is 340 g/mol. The second kappa shape index (κ2) is 6.92. The molecule has 3 aromatic rings. The van der Waals surface area contributed by atoms with E-state index in [2.05, 4.69) is 53.6 Å². The molecule has 4 heteroatoms. The lowest BCUT2D eigenvalue weighted by Gasteiger charge is -2.08. The van der Waals surface area contributed by atoms with Crippen LogP contribution in [0.25, 0.3) is 0 Å². The highest BCUT2D eigenvalue weighted by Crippen LogP contribution is 2.25. The van der Waals surface area contributed by atoms with Crippen LogP contribution >= 0.6 is 0 Å². The van der Waals surface area contributed by atoms with Crippen LogP contribution in [-0.4, -0.2) is 16.5 Å². The van der Waals surface area contributed by atoms with Crippen molar-refractivity contribution in [1.29, 1.82) is 0 Å². The Morgan fingerprint density at radius 3 is 2.27 bits per heavy atom. The average Bonchev–Trinajstić information content (AvgIpc) is 2.88. The fraction of sp³-hybridized carbons (Fsp3) is 0.136. The first-order chi connectivity index (χ1) is 12.7. The zero-order valence-electron chi connectivity index (χ0n) is 14.8. The highest BCUT2D eigenvalue weighted by Gasteiger charge is 2.16. The Labute approximate surface area is 153 Å². The number of benzene rings is 2. The molecule has 0 radical (unpaired) electrons. The molecular weight excluding hydrogens is 320 g/mol. The number of nitrogens with one attached hydrogen (secondary N) is 1. The molecule has 1 aliphatic rings. The van der Waals surface area contributed by atoms with Gasteiger partial charge in [-0.3, -0.25) is 10.4 Å². The van der Waals surface area contributed by atoms with Crippen LogP contribution in [0.5, 0.6) is 0 Å². The van der Waals surface area contributed by atoms with Crippen molar-refractivity contribution in [2.75, 3.05) is 0 Å². The van der Waals surface area contributed by atoms with Gasteiger partial charge in [0.1, 0.15) is 5.71 Å². The Morgan fingerprint density at radius 1 is 0.808 bits per heavy atom. The normalized spacial score (nSPS) is 13.3. The Balaban J connectivity index is 1.78. The van der Waals surface area contributed by atoms with Gasteiger partial charge in [0.15, 0.2) is 5.84 Å². The average molecular weight is 340 g/mol. The van der Waals surface area contributed by atoms with Crippen molar-refractivity contribution in [3.8, 4) is 0 Å². The standard InChI is InChI=1S/C22H20N4/c1-15(2)16-7-9-18(10-8-16)22-24-20-6-4-3-5-19(20)21(25-26-22)17-11-13-23-14-12-17/h3-15H,1-2H3,(H,24,26). The number of amidine groups is 1. The van der Waals surface area contributed by atoms with E-state index in [0.717, 1.165) is 33.9 Å². The molecular formula is C22H20N4. The molecule has 128 valence electrons. The SMILES string of the molecule is CC(C)c1ccc(C2=Nc3ccccc3C(c3ccncc3)=NN2)cc1. The number of pyridine rings is 1. The summed E-state index contributed by atoms with van der Waals surface area (Å²) in [5.41, 5.74) is 9.25. The van der Waals surface area contributed by atoms with Gasteiger partial charge in [-0.25, -0.2) is 4.99 Å². The third-order valence-electron chi connectivity index (χ3n) is 4.47. The van der Waals surface area contributed by atoms with E-state index < -0.39 is 0 Å². The summed E-state index contributed by atoms with van der Waals surface area (Å²) in [5.74, 6) is 1.25. The number of hydrazone groups is 1. The van der Waals surface area contributed by atoms with Crippen LogP contribution in [-0.2, 0) is 0 Å². The summed E-state index contributed by atoms with van der Waals surface area (Å²) in [7, 11) is 0. The number of hydrogen-bond donors (Lipinski definition) is 1. The third kappa shape index (κ3) is 3.14. The predicted molar refractivity (Wildman–Crippen MR) is 106 cm³/mol. The van der Waals surface area contributed by atoms with Crippen molar-refractivity contribution < 1.29 is 0 Å². The molecule has 1 aliphatic heterocycles. The number of rotatable bonds is 3. The van der Waals surface area contributed by atoms with Gasteiger partial charge in [-0.05, 0) is 29.7 Å². The molecule has 0 unspecified atom stereocenters. The minimum Gasteiger partial charge on any atom is -0.265 e. The van der Waals surface area contributed by atoms with Gasteiger partial charge in [0, 0.05) is 29.1 Å². The van der Waals surface area contributed by atoms with Gasteiger partial charge in [-0.15, -0.1) is 0 Å². The molecule has 0 aliphatic carbocycles. The summed E-state index contributed by atoms with van der Waals surface area (Å²) in [6.07, 6.45) is 3.55. The van der Waals surface area contributed by atoms with Crippen LogP contribution in [0.15, 0.2) is 83.2 Å². The number of aliphatic imine (C=N–C) groups is 1.